The maximum atomic E-state index is 11.5. The van der Waals surface area contributed by atoms with Gasteiger partial charge in [-0.15, -0.1) is 11.6 Å². The van der Waals surface area contributed by atoms with Crippen LogP contribution in [0, 0.1) is 0 Å². The predicted molar refractivity (Wildman–Crippen MR) is 83.3 cm³/mol. The van der Waals surface area contributed by atoms with Crippen LogP contribution in [0.4, 0.5) is 0 Å². The molecule has 1 aromatic rings. The van der Waals surface area contributed by atoms with Crippen molar-refractivity contribution in [2.75, 3.05) is 12.5 Å². The van der Waals surface area contributed by atoms with E-state index in [1.807, 2.05) is 24.3 Å². The quantitative estimate of drug-likeness (QED) is 0.525. The zero-order valence-electron chi connectivity index (χ0n) is 12.2. The van der Waals surface area contributed by atoms with Gasteiger partial charge in [0.1, 0.15) is 5.75 Å². The van der Waals surface area contributed by atoms with Crippen molar-refractivity contribution in [3.8, 4) is 5.75 Å². The van der Waals surface area contributed by atoms with E-state index in [2.05, 4.69) is 12.2 Å². The summed E-state index contributed by atoms with van der Waals surface area (Å²) in [6, 6.07) is 7.87. The lowest BCUT2D eigenvalue weighted by atomic mass is 10.2. The van der Waals surface area contributed by atoms with Crippen LogP contribution in [-0.2, 0) is 11.3 Å². The Morgan fingerprint density at radius 3 is 2.90 bits per heavy atom. The van der Waals surface area contributed by atoms with Crippen LogP contribution in [0.3, 0.4) is 0 Å². The molecule has 0 aliphatic heterocycles. The molecule has 0 saturated carbocycles. The summed E-state index contributed by atoms with van der Waals surface area (Å²) in [6.07, 6.45) is 4.66. The van der Waals surface area contributed by atoms with Gasteiger partial charge in [-0.05, 0) is 30.5 Å². The highest BCUT2D eigenvalue weighted by Crippen LogP contribution is 2.14. The molecule has 0 heterocycles. The maximum absolute atomic E-state index is 11.5. The van der Waals surface area contributed by atoms with Gasteiger partial charge in [0, 0.05) is 18.8 Å². The number of hydrogen-bond acceptors (Lipinski definition) is 2. The summed E-state index contributed by atoms with van der Waals surface area (Å²) >= 11 is 5.56. The highest BCUT2D eigenvalue weighted by Gasteiger charge is 2.02. The third-order valence-electron chi connectivity index (χ3n) is 2.94. The van der Waals surface area contributed by atoms with Gasteiger partial charge in [-0.3, -0.25) is 4.79 Å². The maximum Gasteiger partial charge on any atom is 0.220 e. The number of carbonyl (C=O) groups is 1. The molecule has 20 heavy (non-hydrogen) atoms. The average molecular weight is 298 g/mol. The molecule has 3 nitrogen and oxygen atoms in total. The molecule has 0 spiro atoms. The molecule has 112 valence electrons. The van der Waals surface area contributed by atoms with Crippen molar-refractivity contribution in [1.82, 2.24) is 5.32 Å². The van der Waals surface area contributed by atoms with E-state index >= 15 is 0 Å². The molecule has 1 aromatic carbocycles. The molecule has 0 aromatic heterocycles. The normalized spacial score (nSPS) is 10.3. The van der Waals surface area contributed by atoms with Crippen LogP contribution in [0.1, 0.15) is 44.6 Å². The molecule has 0 unspecified atom stereocenters. The molecule has 0 atom stereocenters. The second kappa shape index (κ2) is 10.6. The van der Waals surface area contributed by atoms with E-state index in [0.29, 0.717) is 25.3 Å². The zero-order chi connectivity index (χ0) is 14.6. The molecule has 1 amide bonds. The van der Waals surface area contributed by atoms with Gasteiger partial charge in [-0.1, -0.05) is 31.9 Å². The fourth-order valence-electron chi connectivity index (χ4n) is 1.80. The number of unbranched alkanes of at least 4 members (excludes halogenated alkanes) is 2. The number of halogens is 1. The molecule has 1 N–H and O–H groups in total. The van der Waals surface area contributed by atoms with E-state index in [1.165, 1.54) is 12.8 Å². The van der Waals surface area contributed by atoms with E-state index in [0.717, 1.165) is 24.3 Å². The van der Waals surface area contributed by atoms with Gasteiger partial charge in [0.2, 0.25) is 5.91 Å². The van der Waals surface area contributed by atoms with Crippen LogP contribution >= 0.6 is 11.6 Å². The minimum Gasteiger partial charge on any atom is -0.494 e. The van der Waals surface area contributed by atoms with E-state index in [9.17, 15) is 4.79 Å². The minimum absolute atomic E-state index is 0.0416. The lowest BCUT2D eigenvalue weighted by molar-refractivity contribution is -0.121. The largest absolute Gasteiger partial charge is 0.494 e. The van der Waals surface area contributed by atoms with Crippen molar-refractivity contribution in [3.05, 3.63) is 29.8 Å². The van der Waals surface area contributed by atoms with Gasteiger partial charge < -0.3 is 10.1 Å². The summed E-state index contributed by atoms with van der Waals surface area (Å²) in [6.45, 7) is 3.46. The number of carbonyl (C=O) groups excluding carboxylic acids is 1. The first-order chi connectivity index (χ1) is 9.76. The second-order valence-corrected chi connectivity index (χ2v) is 5.15. The van der Waals surface area contributed by atoms with Crippen molar-refractivity contribution in [3.63, 3.8) is 0 Å². The fraction of sp³-hybridized carbons (Fsp3) is 0.562. The van der Waals surface area contributed by atoms with Crippen molar-refractivity contribution < 1.29 is 9.53 Å². The zero-order valence-corrected chi connectivity index (χ0v) is 12.9. The van der Waals surface area contributed by atoms with Gasteiger partial charge in [0.25, 0.3) is 0 Å². The van der Waals surface area contributed by atoms with Crippen LogP contribution in [-0.4, -0.2) is 18.4 Å². The number of ether oxygens (including phenoxy) is 1. The van der Waals surface area contributed by atoms with Gasteiger partial charge in [0.15, 0.2) is 0 Å². The van der Waals surface area contributed by atoms with Crippen LogP contribution in [0.15, 0.2) is 24.3 Å². The summed E-state index contributed by atoms with van der Waals surface area (Å²) in [5.41, 5.74) is 1.05. The Morgan fingerprint density at radius 2 is 2.15 bits per heavy atom. The fourth-order valence-corrected chi connectivity index (χ4v) is 1.94. The van der Waals surface area contributed by atoms with Crippen molar-refractivity contribution in [2.45, 2.75) is 45.6 Å². The van der Waals surface area contributed by atoms with E-state index < -0.39 is 0 Å². The number of rotatable bonds is 10. The van der Waals surface area contributed by atoms with Gasteiger partial charge in [-0.2, -0.15) is 0 Å². The number of amides is 1. The average Bonchev–Trinajstić information content (AvgIpc) is 2.48. The first kappa shape index (κ1) is 16.8. The number of hydrogen-bond donors (Lipinski definition) is 1. The summed E-state index contributed by atoms with van der Waals surface area (Å²) in [4.78, 5) is 11.5. The molecule has 1 rings (SSSR count). The van der Waals surface area contributed by atoms with Crippen LogP contribution in [0.2, 0.25) is 0 Å². The smallest absolute Gasteiger partial charge is 0.220 e. The predicted octanol–water partition coefficient (Wildman–Crippen LogP) is 3.89. The van der Waals surface area contributed by atoms with Crippen LogP contribution < -0.4 is 10.1 Å². The van der Waals surface area contributed by atoms with E-state index in [4.69, 9.17) is 16.3 Å². The number of nitrogens with one attached hydrogen (secondary N) is 1. The monoisotopic (exact) mass is 297 g/mol. The van der Waals surface area contributed by atoms with Gasteiger partial charge >= 0.3 is 0 Å². The Bertz CT molecular complexity index is 396. The van der Waals surface area contributed by atoms with Crippen LogP contribution in [0.25, 0.3) is 0 Å². The summed E-state index contributed by atoms with van der Waals surface area (Å²) in [5, 5.41) is 2.88. The molecule has 0 saturated heterocycles. The third-order valence-corrected chi connectivity index (χ3v) is 3.21. The summed E-state index contributed by atoms with van der Waals surface area (Å²) < 4.78 is 5.69. The highest BCUT2D eigenvalue weighted by atomic mass is 35.5. The third kappa shape index (κ3) is 7.39. The molecule has 0 fully saturated rings. The Hall–Kier alpha value is -1.22. The van der Waals surface area contributed by atoms with Crippen LogP contribution in [0.5, 0.6) is 5.75 Å². The SMILES string of the molecule is CCCCCOc1cccc(CNC(=O)CCCCl)c1. The lowest BCUT2D eigenvalue weighted by Gasteiger charge is -2.09. The number of benzene rings is 1. The molecule has 0 bridgehead atoms. The van der Waals surface area contributed by atoms with Crippen molar-refractivity contribution in [2.24, 2.45) is 0 Å². The lowest BCUT2D eigenvalue weighted by Crippen LogP contribution is -2.22. The molecule has 0 aliphatic rings. The second-order valence-electron chi connectivity index (χ2n) is 4.77. The topological polar surface area (TPSA) is 38.3 Å². The number of alkyl halides is 1. The minimum atomic E-state index is 0.0416. The molecule has 0 radical (unpaired) electrons. The molecule has 4 heteroatoms. The molecular formula is C16H24ClNO2. The summed E-state index contributed by atoms with van der Waals surface area (Å²) in [5.74, 6) is 1.43. The Labute approximate surface area is 126 Å². The van der Waals surface area contributed by atoms with Gasteiger partial charge in [-0.25, -0.2) is 0 Å². The van der Waals surface area contributed by atoms with Crippen molar-refractivity contribution in [1.29, 1.82) is 0 Å². The van der Waals surface area contributed by atoms with Crippen molar-refractivity contribution >= 4 is 17.5 Å². The Balaban J connectivity index is 2.33. The standard InChI is InChI=1S/C16H24ClNO2/c1-2-3-4-11-20-15-8-5-7-14(12-15)13-18-16(19)9-6-10-17/h5,7-8,12H,2-4,6,9-11,13H2,1H3,(H,18,19). The first-order valence-corrected chi connectivity index (χ1v) is 7.84. The first-order valence-electron chi connectivity index (χ1n) is 7.30. The molecular weight excluding hydrogens is 274 g/mol. The Morgan fingerprint density at radius 1 is 1.30 bits per heavy atom. The summed E-state index contributed by atoms with van der Waals surface area (Å²) in [7, 11) is 0. The van der Waals surface area contributed by atoms with Gasteiger partial charge in [0.05, 0.1) is 6.61 Å². The Kier molecular flexibility index (Phi) is 8.88. The van der Waals surface area contributed by atoms with E-state index in [1.54, 1.807) is 0 Å². The highest BCUT2D eigenvalue weighted by molar-refractivity contribution is 6.17. The van der Waals surface area contributed by atoms with E-state index in [-0.39, 0.29) is 5.91 Å². The molecule has 0 aliphatic carbocycles.